The first-order valence-electron chi connectivity index (χ1n) is 5.86. The van der Waals surface area contributed by atoms with Crippen LogP contribution < -0.4 is 0 Å². The molecule has 2 heterocycles. The molecule has 16 heavy (non-hydrogen) atoms. The van der Waals surface area contributed by atoms with E-state index in [-0.39, 0.29) is 6.61 Å². The lowest BCUT2D eigenvalue weighted by atomic mass is 9.99. The second kappa shape index (κ2) is 5.41. The standard InChI is InChI=1S/C11H19N3O2/c1-16-6-2-3-10-12-13-11-7-9(8-15)4-5-14(10)11/h9,15H,2-8H2,1H3. The fourth-order valence-electron chi connectivity index (χ4n) is 2.17. The quantitative estimate of drug-likeness (QED) is 0.737. The van der Waals surface area contributed by atoms with Crippen LogP contribution in [-0.2, 0) is 24.1 Å². The molecule has 1 aromatic rings. The van der Waals surface area contributed by atoms with Crippen molar-refractivity contribution in [2.45, 2.75) is 32.2 Å². The van der Waals surface area contributed by atoms with Crippen molar-refractivity contribution in [3.63, 3.8) is 0 Å². The fraction of sp³-hybridized carbons (Fsp3) is 0.818. The lowest BCUT2D eigenvalue weighted by Crippen LogP contribution is -2.23. The normalized spacial score (nSPS) is 19.8. The molecule has 0 aromatic carbocycles. The minimum absolute atomic E-state index is 0.256. The highest BCUT2D eigenvalue weighted by atomic mass is 16.5. The average molecular weight is 225 g/mol. The molecule has 0 fully saturated rings. The van der Waals surface area contributed by atoms with Gasteiger partial charge >= 0.3 is 0 Å². The molecule has 0 amide bonds. The predicted molar refractivity (Wildman–Crippen MR) is 59.1 cm³/mol. The number of aliphatic hydroxyl groups is 1. The minimum Gasteiger partial charge on any atom is -0.396 e. The van der Waals surface area contributed by atoms with E-state index in [0.29, 0.717) is 5.92 Å². The number of ether oxygens (including phenoxy) is 1. The molecule has 0 spiro atoms. The Balaban J connectivity index is 1.99. The lowest BCUT2D eigenvalue weighted by Gasteiger charge is -2.21. The number of aliphatic hydroxyl groups excluding tert-OH is 1. The summed E-state index contributed by atoms with van der Waals surface area (Å²) in [7, 11) is 1.71. The van der Waals surface area contributed by atoms with Crippen molar-refractivity contribution in [3.05, 3.63) is 11.6 Å². The topological polar surface area (TPSA) is 60.2 Å². The molecule has 0 saturated carbocycles. The van der Waals surface area contributed by atoms with Crippen LogP contribution in [0.1, 0.15) is 24.5 Å². The van der Waals surface area contributed by atoms with Crippen molar-refractivity contribution in [2.24, 2.45) is 5.92 Å². The van der Waals surface area contributed by atoms with Gasteiger partial charge in [0.2, 0.25) is 0 Å². The number of rotatable bonds is 5. The van der Waals surface area contributed by atoms with Gasteiger partial charge in [0.05, 0.1) is 0 Å². The first kappa shape index (κ1) is 11.5. The molecule has 90 valence electrons. The van der Waals surface area contributed by atoms with Crippen LogP contribution in [0, 0.1) is 5.92 Å². The number of hydrogen-bond donors (Lipinski definition) is 1. The van der Waals surface area contributed by atoms with E-state index in [1.807, 2.05) is 0 Å². The maximum atomic E-state index is 9.12. The van der Waals surface area contributed by atoms with Crippen molar-refractivity contribution in [2.75, 3.05) is 20.3 Å². The Morgan fingerprint density at radius 3 is 3.12 bits per heavy atom. The third-order valence-electron chi connectivity index (χ3n) is 3.14. The monoisotopic (exact) mass is 225 g/mol. The third kappa shape index (κ3) is 2.41. The maximum absolute atomic E-state index is 9.12. The van der Waals surface area contributed by atoms with Gasteiger partial charge in [-0.15, -0.1) is 10.2 Å². The molecule has 1 N–H and O–H groups in total. The van der Waals surface area contributed by atoms with Crippen molar-refractivity contribution >= 4 is 0 Å². The summed E-state index contributed by atoms with van der Waals surface area (Å²) in [6.07, 6.45) is 3.79. The smallest absolute Gasteiger partial charge is 0.133 e. The number of methoxy groups -OCH3 is 1. The highest BCUT2D eigenvalue weighted by molar-refractivity contribution is 5.00. The van der Waals surface area contributed by atoms with E-state index in [9.17, 15) is 0 Å². The Morgan fingerprint density at radius 2 is 2.38 bits per heavy atom. The van der Waals surface area contributed by atoms with Gasteiger partial charge in [0.1, 0.15) is 11.6 Å². The van der Waals surface area contributed by atoms with Gasteiger partial charge in [-0.1, -0.05) is 0 Å². The van der Waals surface area contributed by atoms with E-state index < -0.39 is 0 Å². The summed E-state index contributed by atoms with van der Waals surface area (Å²) in [6.45, 7) is 1.96. The first-order valence-corrected chi connectivity index (χ1v) is 5.86. The highest BCUT2D eigenvalue weighted by Crippen LogP contribution is 2.20. The number of nitrogens with zero attached hydrogens (tertiary/aromatic N) is 3. The van der Waals surface area contributed by atoms with Gasteiger partial charge in [0.15, 0.2) is 0 Å². The maximum Gasteiger partial charge on any atom is 0.133 e. The van der Waals surface area contributed by atoms with Crippen LogP contribution in [0.5, 0.6) is 0 Å². The zero-order chi connectivity index (χ0) is 11.4. The van der Waals surface area contributed by atoms with Crippen LogP contribution in [-0.4, -0.2) is 40.2 Å². The van der Waals surface area contributed by atoms with Crippen molar-refractivity contribution in [1.82, 2.24) is 14.8 Å². The highest BCUT2D eigenvalue weighted by Gasteiger charge is 2.21. The van der Waals surface area contributed by atoms with Crippen LogP contribution in [0.2, 0.25) is 0 Å². The molecular formula is C11H19N3O2. The largest absolute Gasteiger partial charge is 0.396 e. The SMILES string of the molecule is COCCCc1nnc2n1CCC(CO)C2. The van der Waals surface area contributed by atoms with Crippen molar-refractivity contribution < 1.29 is 9.84 Å². The number of hydrogen-bond acceptors (Lipinski definition) is 4. The van der Waals surface area contributed by atoms with E-state index in [0.717, 1.165) is 50.5 Å². The van der Waals surface area contributed by atoms with Gasteiger partial charge in [-0.2, -0.15) is 0 Å². The van der Waals surface area contributed by atoms with Gasteiger partial charge < -0.3 is 14.4 Å². The zero-order valence-electron chi connectivity index (χ0n) is 9.72. The second-order valence-corrected chi connectivity index (χ2v) is 4.32. The van der Waals surface area contributed by atoms with Crippen molar-refractivity contribution in [3.8, 4) is 0 Å². The number of fused-ring (bicyclic) bond motifs is 1. The molecule has 1 aliphatic rings. The molecule has 1 aromatic heterocycles. The Labute approximate surface area is 95.4 Å². The summed E-state index contributed by atoms with van der Waals surface area (Å²) in [5.74, 6) is 2.45. The molecule has 1 atom stereocenters. The third-order valence-corrected chi connectivity index (χ3v) is 3.14. The Bertz CT molecular complexity index is 338. The van der Waals surface area contributed by atoms with Crippen LogP contribution in [0.4, 0.5) is 0 Å². The summed E-state index contributed by atoms with van der Waals surface area (Å²) in [4.78, 5) is 0. The summed E-state index contributed by atoms with van der Waals surface area (Å²) in [5.41, 5.74) is 0. The molecule has 0 bridgehead atoms. The summed E-state index contributed by atoms with van der Waals surface area (Å²) < 4.78 is 7.22. The second-order valence-electron chi connectivity index (χ2n) is 4.32. The van der Waals surface area contributed by atoms with E-state index in [4.69, 9.17) is 9.84 Å². The molecule has 0 saturated heterocycles. The lowest BCUT2D eigenvalue weighted by molar-refractivity contribution is 0.191. The minimum atomic E-state index is 0.256. The van der Waals surface area contributed by atoms with E-state index in [1.165, 1.54) is 0 Å². The molecule has 2 rings (SSSR count). The van der Waals surface area contributed by atoms with Crippen LogP contribution >= 0.6 is 0 Å². The van der Waals surface area contributed by atoms with Crippen LogP contribution in [0.15, 0.2) is 0 Å². The molecule has 0 radical (unpaired) electrons. The van der Waals surface area contributed by atoms with Crippen molar-refractivity contribution in [1.29, 1.82) is 0 Å². The Morgan fingerprint density at radius 1 is 1.50 bits per heavy atom. The molecule has 0 aliphatic carbocycles. The average Bonchev–Trinajstić information content (AvgIpc) is 2.72. The molecule has 1 aliphatic heterocycles. The van der Waals surface area contributed by atoms with Crippen LogP contribution in [0.3, 0.4) is 0 Å². The Hall–Kier alpha value is -0.940. The van der Waals surface area contributed by atoms with Gasteiger partial charge in [0.25, 0.3) is 0 Å². The van der Waals surface area contributed by atoms with E-state index in [2.05, 4.69) is 14.8 Å². The molecule has 5 heteroatoms. The van der Waals surface area contributed by atoms with Gasteiger partial charge in [-0.05, 0) is 18.8 Å². The van der Waals surface area contributed by atoms with E-state index >= 15 is 0 Å². The molecular weight excluding hydrogens is 206 g/mol. The van der Waals surface area contributed by atoms with Gasteiger partial charge in [-0.3, -0.25) is 0 Å². The Kier molecular flexibility index (Phi) is 3.90. The van der Waals surface area contributed by atoms with Gasteiger partial charge in [-0.25, -0.2) is 0 Å². The first-order chi connectivity index (χ1) is 7.85. The number of aryl methyl sites for hydroxylation is 1. The molecule has 5 nitrogen and oxygen atoms in total. The fourth-order valence-corrected chi connectivity index (χ4v) is 2.17. The predicted octanol–water partition coefficient (Wildman–Crippen LogP) is 0.412. The summed E-state index contributed by atoms with van der Waals surface area (Å²) in [5, 5.41) is 17.5. The summed E-state index contributed by atoms with van der Waals surface area (Å²) in [6, 6.07) is 0. The summed E-state index contributed by atoms with van der Waals surface area (Å²) >= 11 is 0. The number of aromatic nitrogens is 3. The van der Waals surface area contributed by atoms with E-state index in [1.54, 1.807) is 7.11 Å². The van der Waals surface area contributed by atoms with Gasteiger partial charge in [0, 0.05) is 39.7 Å². The zero-order valence-corrected chi connectivity index (χ0v) is 9.72. The van der Waals surface area contributed by atoms with Crippen LogP contribution in [0.25, 0.3) is 0 Å². The molecule has 1 unspecified atom stereocenters.